The van der Waals surface area contributed by atoms with Crippen LogP contribution in [-0.4, -0.2) is 24.5 Å². The van der Waals surface area contributed by atoms with Crippen molar-refractivity contribution in [3.05, 3.63) is 0 Å². The van der Waals surface area contributed by atoms with Crippen molar-refractivity contribution in [2.75, 3.05) is 13.7 Å². The van der Waals surface area contributed by atoms with E-state index in [-0.39, 0.29) is 0 Å². The number of hydrogen-bond donors (Lipinski definition) is 1. The van der Waals surface area contributed by atoms with E-state index in [1.807, 2.05) is 13.8 Å². The van der Waals surface area contributed by atoms with Gasteiger partial charge in [0.25, 0.3) is 0 Å². The fourth-order valence-electron chi connectivity index (χ4n) is 0.335. The summed E-state index contributed by atoms with van der Waals surface area (Å²) in [5.74, 6) is 0. The van der Waals surface area contributed by atoms with Crippen LogP contribution in [0, 0.1) is 0 Å². The number of aliphatic hydroxyl groups is 1. The van der Waals surface area contributed by atoms with Gasteiger partial charge in [-0.1, -0.05) is 27.2 Å². The first-order valence-electron chi connectivity index (χ1n) is 4.61. The van der Waals surface area contributed by atoms with Gasteiger partial charge in [-0.25, -0.2) is 0 Å². The second-order valence-corrected chi connectivity index (χ2v) is 2.54. The molecule has 0 radical (unpaired) electrons. The molecule has 1 N–H and O–H groups in total. The van der Waals surface area contributed by atoms with E-state index in [1.54, 1.807) is 0 Å². The third kappa shape index (κ3) is 54.4. The Morgan fingerprint density at radius 3 is 1.50 bits per heavy atom. The van der Waals surface area contributed by atoms with Crippen molar-refractivity contribution >= 4 is 5.71 Å². The molecular weight excluding hydrogens is 150 g/mol. The van der Waals surface area contributed by atoms with Crippen LogP contribution < -0.4 is 0 Å². The van der Waals surface area contributed by atoms with Crippen molar-refractivity contribution in [1.82, 2.24) is 0 Å². The van der Waals surface area contributed by atoms with Crippen LogP contribution in [0.1, 0.15) is 47.5 Å². The van der Waals surface area contributed by atoms with Gasteiger partial charge in [-0.05, 0) is 20.3 Å². The summed E-state index contributed by atoms with van der Waals surface area (Å²) in [7, 11) is 1.00. The molecule has 0 aromatic heterocycles. The lowest BCUT2D eigenvalue weighted by atomic mass is 10.4. The first-order valence-corrected chi connectivity index (χ1v) is 4.61. The summed E-state index contributed by atoms with van der Waals surface area (Å²) >= 11 is 0. The Morgan fingerprint density at radius 2 is 1.42 bits per heavy atom. The Bertz CT molecular complexity index is 75.9. The lowest BCUT2D eigenvalue weighted by Crippen LogP contribution is -1.82. The van der Waals surface area contributed by atoms with Gasteiger partial charge in [0.1, 0.15) is 0 Å². The highest BCUT2D eigenvalue weighted by Crippen LogP contribution is 1.78. The highest BCUT2D eigenvalue weighted by Gasteiger charge is 1.73. The van der Waals surface area contributed by atoms with Crippen LogP contribution >= 0.6 is 0 Å². The molecule has 0 unspecified atom stereocenters. The van der Waals surface area contributed by atoms with Crippen LogP contribution in [0.4, 0.5) is 0 Å². The van der Waals surface area contributed by atoms with E-state index in [2.05, 4.69) is 25.8 Å². The monoisotopic (exact) mass is 175 g/mol. The maximum atomic E-state index is 7.00. The second kappa shape index (κ2) is 22.4. The summed E-state index contributed by atoms with van der Waals surface area (Å²) in [5.41, 5.74) is 1.18. The lowest BCUT2D eigenvalue weighted by Gasteiger charge is -1.85. The fourth-order valence-corrected chi connectivity index (χ4v) is 0.335. The Morgan fingerprint density at radius 1 is 1.08 bits per heavy atom. The maximum Gasteiger partial charge on any atom is 0.0385 e. The van der Waals surface area contributed by atoms with Gasteiger partial charge in [-0.3, -0.25) is 4.99 Å². The zero-order valence-electron chi connectivity index (χ0n) is 9.52. The number of hydrogen-bond acceptors (Lipinski definition) is 2. The zero-order chi connectivity index (χ0) is 10.4. The summed E-state index contributed by atoms with van der Waals surface area (Å²) in [5, 5.41) is 7.00. The molecule has 0 spiro atoms. The van der Waals surface area contributed by atoms with Gasteiger partial charge in [0, 0.05) is 19.4 Å². The molecule has 0 saturated heterocycles. The molecule has 76 valence electrons. The van der Waals surface area contributed by atoms with Crippen molar-refractivity contribution in [2.24, 2.45) is 4.99 Å². The summed E-state index contributed by atoms with van der Waals surface area (Å²) in [4.78, 5) is 4.16. The van der Waals surface area contributed by atoms with Crippen LogP contribution in [0.25, 0.3) is 0 Å². The van der Waals surface area contributed by atoms with Crippen LogP contribution in [-0.2, 0) is 0 Å². The average molecular weight is 175 g/mol. The molecule has 2 heteroatoms. The summed E-state index contributed by atoms with van der Waals surface area (Å²) < 4.78 is 0. The largest absolute Gasteiger partial charge is 0.400 e. The van der Waals surface area contributed by atoms with Gasteiger partial charge < -0.3 is 5.11 Å². The summed E-state index contributed by atoms with van der Waals surface area (Å²) in [6, 6.07) is 0. The molecule has 0 rings (SSSR count). The van der Waals surface area contributed by atoms with E-state index in [1.165, 1.54) is 12.1 Å². The number of aliphatic hydroxyl groups excluding tert-OH is 1. The highest BCUT2D eigenvalue weighted by molar-refractivity contribution is 5.78. The number of aliphatic imine (C=N–C) groups is 1. The van der Waals surface area contributed by atoms with E-state index in [0.29, 0.717) is 0 Å². The van der Waals surface area contributed by atoms with Crippen molar-refractivity contribution in [3.63, 3.8) is 0 Å². The molecule has 0 atom stereocenters. The molecule has 12 heavy (non-hydrogen) atoms. The Hall–Kier alpha value is -0.370. The van der Waals surface area contributed by atoms with E-state index in [9.17, 15) is 0 Å². The molecule has 0 aliphatic carbocycles. The van der Waals surface area contributed by atoms with Gasteiger partial charge in [-0.2, -0.15) is 0 Å². The Labute approximate surface area is 77.7 Å². The smallest absolute Gasteiger partial charge is 0.0385 e. The predicted molar refractivity (Wildman–Crippen MR) is 58.0 cm³/mol. The van der Waals surface area contributed by atoms with Crippen molar-refractivity contribution in [1.29, 1.82) is 0 Å². The summed E-state index contributed by atoms with van der Waals surface area (Å²) in [6.07, 6.45) is 2.41. The Kier molecular flexibility index (Phi) is 33.0. The maximum absolute atomic E-state index is 7.00. The molecule has 0 aromatic carbocycles. The quantitative estimate of drug-likeness (QED) is 0.643. The van der Waals surface area contributed by atoms with Crippen LogP contribution in [0.3, 0.4) is 0 Å². The molecule has 0 fully saturated rings. The van der Waals surface area contributed by atoms with Gasteiger partial charge in [0.15, 0.2) is 0 Å². The van der Waals surface area contributed by atoms with E-state index in [4.69, 9.17) is 5.11 Å². The lowest BCUT2D eigenvalue weighted by molar-refractivity contribution is 0.399. The van der Waals surface area contributed by atoms with Crippen LogP contribution in [0.5, 0.6) is 0 Å². The van der Waals surface area contributed by atoms with Gasteiger partial charge in [0.2, 0.25) is 0 Å². The highest BCUT2D eigenvalue weighted by atomic mass is 16.2. The fraction of sp³-hybridized carbons (Fsp3) is 0.900. The number of rotatable bonds is 2. The van der Waals surface area contributed by atoms with E-state index in [0.717, 1.165) is 20.1 Å². The third-order valence-corrected chi connectivity index (χ3v) is 0.652. The standard InChI is InChI=1S/C6H13N.C3H8.CH4O/c1-4-5-7-6(2)3;1-3-2;1-2/h4-5H2,1-3H3;3H2,1-2H3;2H,1H3. The topological polar surface area (TPSA) is 32.6 Å². The molecule has 0 aromatic rings. The molecule has 0 bridgehead atoms. The summed E-state index contributed by atoms with van der Waals surface area (Å²) in [6.45, 7) is 11.4. The van der Waals surface area contributed by atoms with Gasteiger partial charge >= 0.3 is 0 Å². The number of nitrogens with zero attached hydrogens (tertiary/aromatic N) is 1. The molecule has 0 amide bonds. The van der Waals surface area contributed by atoms with Crippen molar-refractivity contribution in [3.8, 4) is 0 Å². The minimum absolute atomic E-state index is 0.988. The van der Waals surface area contributed by atoms with E-state index >= 15 is 0 Å². The van der Waals surface area contributed by atoms with Gasteiger partial charge in [0.05, 0.1) is 0 Å². The third-order valence-electron chi connectivity index (χ3n) is 0.652. The van der Waals surface area contributed by atoms with Crippen LogP contribution in [0.15, 0.2) is 4.99 Å². The Balaban J connectivity index is -0.000000137. The molecule has 2 nitrogen and oxygen atoms in total. The molecule has 0 aliphatic heterocycles. The molecular formula is C10H25NO. The average Bonchev–Trinajstić information content (AvgIpc) is 2.06. The zero-order valence-corrected chi connectivity index (χ0v) is 9.52. The SMILES string of the molecule is CCC.CCCN=C(C)C.CO. The normalized spacial score (nSPS) is 6.92. The molecule has 0 saturated carbocycles. The first kappa shape index (κ1) is 17.6. The molecule has 0 aliphatic rings. The molecule has 0 heterocycles. The van der Waals surface area contributed by atoms with E-state index < -0.39 is 0 Å². The minimum atomic E-state index is 0.988. The first-order chi connectivity index (χ1) is 5.68. The van der Waals surface area contributed by atoms with Crippen LogP contribution in [0.2, 0.25) is 0 Å². The van der Waals surface area contributed by atoms with Crippen molar-refractivity contribution < 1.29 is 5.11 Å². The second-order valence-electron chi connectivity index (χ2n) is 2.54. The minimum Gasteiger partial charge on any atom is -0.400 e. The van der Waals surface area contributed by atoms with Crippen molar-refractivity contribution in [2.45, 2.75) is 47.5 Å². The predicted octanol–water partition coefficient (Wildman–Crippen LogP) is 2.90. The van der Waals surface area contributed by atoms with Gasteiger partial charge in [-0.15, -0.1) is 0 Å².